The second-order valence-corrected chi connectivity index (χ2v) is 17.2. The largest absolute Gasteiger partial charge is 0.417 e. The van der Waals surface area contributed by atoms with Crippen molar-refractivity contribution >= 4 is 19.7 Å². The van der Waals surface area contributed by atoms with Crippen LogP contribution >= 0.6 is 0 Å². The van der Waals surface area contributed by atoms with Crippen molar-refractivity contribution in [1.82, 2.24) is 5.16 Å². The number of rotatable bonds is 10. The van der Waals surface area contributed by atoms with Gasteiger partial charge >= 0.3 is 0 Å². The Morgan fingerprint density at radius 1 is 1.05 bits per heavy atom. The zero-order chi connectivity index (χ0) is 27.7. The van der Waals surface area contributed by atoms with E-state index in [1.807, 2.05) is 13.8 Å². The number of hydrogen-bond acceptors (Lipinski definition) is 4. The molecule has 0 aliphatic heterocycles. The van der Waals surface area contributed by atoms with Gasteiger partial charge in [-0.2, -0.15) is 0 Å². The third-order valence-electron chi connectivity index (χ3n) is 8.52. The van der Waals surface area contributed by atoms with Crippen LogP contribution in [0.2, 0.25) is 18.1 Å². The molecule has 0 spiro atoms. The lowest BCUT2D eigenvalue weighted by atomic mass is 10.00. The summed E-state index contributed by atoms with van der Waals surface area (Å²) in [7, 11) is -1.74. The smallest absolute Gasteiger partial charge is 0.258 e. The maximum absolute atomic E-state index is 7.64. The van der Waals surface area contributed by atoms with Crippen LogP contribution in [0, 0.1) is 27.3 Å². The van der Waals surface area contributed by atoms with Crippen molar-refractivity contribution in [2.75, 3.05) is 18.1 Å². The van der Waals surface area contributed by atoms with Crippen LogP contribution < -0.4 is 4.90 Å². The van der Waals surface area contributed by atoms with Crippen molar-refractivity contribution in [2.24, 2.45) is 0 Å². The van der Waals surface area contributed by atoms with Crippen molar-refractivity contribution in [3.8, 4) is 11.1 Å². The zero-order valence-electron chi connectivity index (χ0n) is 24.4. The monoisotopic (exact) mass is 529 g/mol. The van der Waals surface area contributed by atoms with Gasteiger partial charge in [0.1, 0.15) is 5.76 Å². The van der Waals surface area contributed by atoms with Gasteiger partial charge in [0.15, 0.2) is 8.32 Å². The van der Waals surface area contributed by atoms with Gasteiger partial charge in [-0.25, -0.2) is 6.57 Å². The topological polar surface area (TPSA) is 42.9 Å². The molecule has 0 N–H and O–H groups in total. The molecular formula is C32H43N3O2Si. The molecule has 202 valence electrons. The molecule has 0 saturated heterocycles. The van der Waals surface area contributed by atoms with Crippen molar-refractivity contribution in [3.05, 3.63) is 76.5 Å². The SMILES string of the molecule is [C-]#[N+]C1(c2ccc(N(CCCCO[Si](C)(C)C(C)(C)C)c3cc(-c4c(C)noc4C)ccc3C)cc2)CC1. The first-order valence-corrected chi connectivity index (χ1v) is 16.7. The highest BCUT2D eigenvalue weighted by Gasteiger charge is 2.52. The maximum atomic E-state index is 7.64. The summed E-state index contributed by atoms with van der Waals surface area (Å²) in [5, 5.41) is 4.40. The van der Waals surface area contributed by atoms with Crippen molar-refractivity contribution in [3.63, 3.8) is 0 Å². The van der Waals surface area contributed by atoms with E-state index in [0.29, 0.717) is 0 Å². The summed E-state index contributed by atoms with van der Waals surface area (Å²) in [6, 6.07) is 15.3. The number of benzene rings is 2. The van der Waals surface area contributed by atoms with Crippen molar-refractivity contribution in [1.29, 1.82) is 0 Å². The number of hydrogen-bond donors (Lipinski definition) is 0. The highest BCUT2D eigenvalue weighted by Crippen LogP contribution is 2.50. The van der Waals surface area contributed by atoms with Crippen LogP contribution in [-0.4, -0.2) is 26.6 Å². The van der Waals surface area contributed by atoms with E-state index < -0.39 is 8.32 Å². The Labute approximate surface area is 230 Å². The number of anilines is 2. The number of aromatic nitrogens is 1. The van der Waals surface area contributed by atoms with E-state index in [4.69, 9.17) is 15.5 Å². The molecule has 1 aliphatic carbocycles. The van der Waals surface area contributed by atoms with Crippen LogP contribution in [0.5, 0.6) is 0 Å². The maximum Gasteiger partial charge on any atom is 0.258 e. The molecule has 1 heterocycles. The first-order chi connectivity index (χ1) is 17.9. The summed E-state index contributed by atoms with van der Waals surface area (Å²) in [4.78, 5) is 6.34. The fourth-order valence-corrected chi connectivity index (χ4v) is 5.88. The normalized spacial score (nSPS) is 14.8. The predicted molar refractivity (Wildman–Crippen MR) is 159 cm³/mol. The van der Waals surface area contributed by atoms with E-state index in [0.717, 1.165) is 72.7 Å². The third kappa shape index (κ3) is 5.74. The third-order valence-corrected chi connectivity index (χ3v) is 13.1. The molecule has 5 nitrogen and oxygen atoms in total. The van der Waals surface area contributed by atoms with Gasteiger partial charge in [-0.05, 0) is 93.2 Å². The summed E-state index contributed by atoms with van der Waals surface area (Å²) < 4.78 is 11.9. The molecule has 1 aromatic heterocycles. The van der Waals surface area contributed by atoms with Crippen molar-refractivity contribution in [2.45, 2.75) is 90.9 Å². The van der Waals surface area contributed by atoms with Gasteiger partial charge in [-0.3, -0.25) is 0 Å². The molecule has 0 atom stereocenters. The number of nitrogens with zero attached hydrogens (tertiary/aromatic N) is 3. The molecule has 38 heavy (non-hydrogen) atoms. The molecule has 3 aromatic rings. The van der Waals surface area contributed by atoms with Crippen molar-refractivity contribution < 1.29 is 8.95 Å². The molecule has 4 rings (SSSR count). The van der Waals surface area contributed by atoms with E-state index in [1.165, 1.54) is 11.3 Å². The molecule has 1 saturated carbocycles. The minimum Gasteiger partial charge on any atom is -0.417 e. The lowest BCUT2D eigenvalue weighted by Gasteiger charge is -2.36. The zero-order valence-corrected chi connectivity index (χ0v) is 25.4. The average molecular weight is 530 g/mol. The van der Waals surface area contributed by atoms with E-state index in [-0.39, 0.29) is 10.6 Å². The summed E-state index contributed by atoms with van der Waals surface area (Å²) in [5.41, 5.74) is 7.51. The van der Waals surface area contributed by atoms with Crippen LogP contribution in [0.15, 0.2) is 47.0 Å². The Balaban J connectivity index is 1.60. The molecule has 6 heteroatoms. The van der Waals surface area contributed by atoms with Gasteiger partial charge in [0, 0.05) is 48.5 Å². The van der Waals surface area contributed by atoms with Gasteiger partial charge in [0.25, 0.3) is 5.54 Å². The quantitative estimate of drug-likeness (QED) is 0.149. The van der Waals surface area contributed by atoms with E-state index >= 15 is 0 Å². The van der Waals surface area contributed by atoms with Gasteiger partial charge in [-0.1, -0.05) is 38.1 Å². The van der Waals surface area contributed by atoms with Gasteiger partial charge in [0.2, 0.25) is 0 Å². The van der Waals surface area contributed by atoms with Gasteiger partial charge in [-0.15, -0.1) is 0 Å². The van der Waals surface area contributed by atoms with Crippen LogP contribution in [0.25, 0.3) is 16.0 Å². The Kier molecular flexibility index (Phi) is 7.93. The highest BCUT2D eigenvalue weighted by atomic mass is 28.4. The average Bonchev–Trinajstić information content (AvgIpc) is 3.60. The Morgan fingerprint density at radius 3 is 2.29 bits per heavy atom. The first-order valence-electron chi connectivity index (χ1n) is 13.8. The fraction of sp³-hybridized carbons (Fsp3) is 0.500. The molecular weight excluding hydrogens is 486 g/mol. The molecule has 2 aromatic carbocycles. The molecule has 0 radical (unpaired) electrons. The second kappa shape index (κ2) is 10.7. The fourth-order valence-electron chi connectivity index (χ4n) is 4.79. The molecule has 0 amide bonds. The molecule has 1 aliphatic rings. The summed E-state index contributed by atoms with van der Waals surface area (Å²) in [6.07, 6.45) is 3.97. The highest BCUT2D eigenvalue weighted by molar-refractivity contribution is 6.74. The molecule has 0 bridgehead atoms. The van der Waals surface area contributed by atoms with Crippen LogP contribution in [-0.2, 0) is 9.96 Å². The second-order valence-electron chi connectivity index (χ2n) is 12.4. The first kappa shape index (κ1) is 28.1. The van der Waals surface area contributed by atoms with Crippen LogP contribution in [0.4, 0.5) is 11.4 Å². The number of aryl methyl sites for hydroxylation is 3. The lowest BCUT2D eigenvalue weighted by Crippen LogP contribution is -2.41. The van der Waals surface area contributed by atoms with Crippen LogP contribution in [0.3, 0.4) is 0 Å². The minimum atomic E-state index is -1.74. The van der Waals surface area contributed by atoms with Gasteiger partial charge in [0.05, 0.1) is 5.69 Å². The summed E-state index contributed by atoms with van der Waals surface area (Å²) in [5.74, 6) is 0.838. The Hall–Kier alpha value is -2.88. The van der Waals surface area contributed by atoms with Gasteiger partial charge < -0.3 is 18.7 Å². The predicted octanol–water partition coefficient (Wildman–Crippen LogP) is 9.12. The molecule has 0 unspecified atom stereocenters. The Bertz CT molecular complexity index is 1290. The van der Waals surface area contributed by atoms with Crippen LogP contribution in [0.1, 0.15) is 69.0 Å². The van der Waals surface area contributed by atoms with E-state index in [1.54, 1.807) is 0 Å². The summed E-state index contributed by atoms with van der Waals surface area (Å²) in [6.45, 7) is 27.0. The molecule has 1 fully saturated rings. The minimum absolute atomic E-state index is 0.223. The Morgan fingerprint density at radius 2 is 1.74 bits per heavy atom. The standard InChI is InChI=1S/C32H43N3O2Si/c1-23-12-13-26(30-24(2)34-37-25(30)3)22-29(23)35(20-10-11-21-36-38(8,9)31(4,5)6)28-16-14-27(15-17-28)32(33-7)18-19-32/h12-17,22H,10-11,18-21H2,1-6,8-9H3. The van der Waals surface area contributed by atoms with E-state index in [9.17, 15) is 0 Å². The summed E-state index contributed by atoms with van der Waals surface area (Å²) >= 11 is 0. The lowest BCUT2D eigenvalue weighted by molar-refractivity contribution is 0.280. The number of unbranched alkanes of at least 4 members (excludes halogenated alkanes) is 1. The van der Waals surface area contributed by atoms with E-state index in [2.05, 4.69) is 98.2 Å².